The second kappa shape index (κ2) is 3.60. The Morgan fingerprint density at radius 3 is 2.57 bits per heavy atom. The first kappa shape index (κ1) is 11.0. The van der Waals surface area contributed by atoms with Crippen LogP contribution >= 0.6 is 0 Å². The number of sulfone groups is 1. The standard InChI is InChI=1S/C6H5F3NO3S/c7-6(8,9)1-2-14(11,12)5-3-10-13-4-5/h4H,1-2H2/q-1. The molecule has 0 amide bonds. The van der Waals surface area contributed by atoms with E-state index < -0.39 is 33.1 Å². The minimum Gasteiger partial charge on any atom is -0.472 e. The van der Waals surface area contributed by atoms with Crippen molar-refractivity contribution < 1.29 is 26.1 Å². The van der Waals surface area contributed by atoms with Crippen LogP contribution in [0.5, 0.6) is 0 Å². The molecule has 4 nitrogen and oxygen atoms in total. The zero-order chi connectivity index (χ0) is 10.8. The lowest BCUT2D eigenvalue weighted by Gasteiger charge is -2.07. The molecular formula is C6H5F3NO3S-. The zero-order valence-electron chi connectivity index (χ0n) is 6.71. The van der Waals surface area contributed by atoms with E-state index in [2.05, 4.69) is 9.68 Å². The summed E-state index contributed by atoms with van der Waals surface area (Å²) < 4.78 is 61.5. The normalized spacial score (nSPS) is 13.1. The smallest absolute Gasteiger partial charge is 0.390 e. The lowest BCUT2D eigenvalue weighted by Crippen LogP contribution is -2.16. The Morgan fingerprint density at radius 1 is 1.50 bits per heavy atom. The highest BCUT2D eigenvalue weighted by Crippen LogP contribution is 2.22. The monoisotopic (exact) mass is 228 g/mol. The van der Waals surface area contributed by atoms with E-state index in [9.17, 15) is 21.6 Å². The van der Waals surface area contributed by atoms with Gasteiger partial charge in [0.2, 0.25) is 0 Å². The molecule has 1 aromatic heterocycles. The van der Waals surface area contributed by atoms with E-state index >= 15 is 0 Å². The molecule has 8 heteroatoms. The number of nitrogens with zero attached hydrogens (tertiary/aromatic N) is 1. The summed E-state index contributed by atoms with van der Waals surface area (Å²) in [6, 6.07) is 0. The third kappa shape index (κ3) is 3.02. The van der Waals surface area contributed by atoms with E-state index in [0.717, 1.165) is 6.26 Å². The Kier molecular flexibility index (Phi) is 2.84. The molecule has 0 aliphatic carbocycles. The molecule has 14 heavy (non-hydrogen) atoms. The molecule has 0 unspecified atom stereocenters. The largest absolute Gasteiger partial charge is 0.472 e. The van der Waals surface area contributed by atoms with Gasteiger partial charge in [-0.25, -0.2) is 13.6 Å². The maximum atomic E-state index is 11.7. The molecule has 0 bridgehead atoms. The van der Waals surface area contributed by atoms with Crippen LogP contribution in [0.4, 0.5) is 13.2 Å². The van der Waals surface area contributed by atoms with Gasteiger partial charge in [0.25, 0.3) is 0 Å². The van der Waals surface area contributed by atoms with Gasteiger partial charge in [-0.2, -0.15) is 13.2 Å². The number of halogens is 3. The number of alkyl halides is 3. The van der Waals surface area contributed by atoms with Crippen molar-refractivity contribution in [2.45, 2.75) is 17.5 Å². The molecule has 1 heterocycles. The van der Waals surface area contributed by atoms with Crippen molar-refractivity contribution in [2.75, 3.05) is 5.75 Å². The summed E-state index contributed by atoms with van der Waals surface area (Å²) in [6.45, 7) is 0. The molecule has 0 saturated carbocycles. The van der Waals surface area contributed by atoms with Crippen molar-refractivity contribution in [3.63, 3.8) is 0 Å². The zero-order valence-corrected chi connectivity index (χ0v) is 7.52. The van der Waals surface area contributed by atoms with E-state index in [-0.39, 0.29) is 0 Å². The summed E-state index contributed by atoms with van der Waals surface area (Å²) in [5.74, 6) is -1.02. The van der Waals surface area contributed by atoms with Crippen molar-refractivity contribution in [3.05, 3.63) is 12.5 Å². The van der Waals surface area contributed by atoms with Crippen LogP contribution < -0.4 is 0 Å². The third-order valence-corrected chi connectivity index (χ3v) is 2.96. The van der Waals surface area contributed by atoms with Crippen LogP contribution in [0.15, 0.2) is 15.7 Å². The molecule has 1 aromatic rings. The average molecular weight is 228 g/mol. The highest BCUT2D eigenvalue weighted by Gasteiger charge is 2.29. The van der Waals surface area contributed by atoms with Crippen LogP contribution in [0, 0.1) is 6.20 Å². The van der Waals surface area contributed by atoms with Gasteiger partial charge in [0.15, 0.2) is 0 Å². The molecule has 0 fully saturated rings. The van der Waals surface area contributed by atoms with Gasteiger partial charge in [-0.3, -0.25) is 0 Å². The van der Waals surface area contributed by atoms with Crippen molar-refractivity contribution in [2.24, 2.45) is 0 Å². The van der Waals surface area contributed by atoms with Crippen molar-refractivity contribution in [1.82, 2.24) is 5.16 Å². The summed E-state index contributed by atoms with van der Waals surface area (Å²) in [4.78, 5) is -0.457. The second-order valence-corrected chi connectivity index (χ2v) is 4.55. The van der Waals surface area contributed by atoms with Crippen molar-refractivity contribution in [1.29, 1.82) is 0 Å². The third-order valence-electron chi connectivity index (χ3n) is 1.36. The molecule has 0 aliphatic heterocycles. The number of rotatable bonds is 3. The van der Waals surface area contributed by atoms with Gasteiger partial charge in [0, 0.05) is 0 Å². The summed E-state index contributed by atoms with van der Waals surface area (Å²) in [7, 11) is -3.98. The lowest BCUT2D eigenvalue weighted by molar-refractivity contribution is -0.129. The summed E-state index contributed by atoms with van der Waals surface area (Å²) in [5, 5.41) is 2.97. The fraction of sp³-hybridized carbons (Fsp3) is 0.500. The molecule has 0 aliphatic rings. The fourth-order valence-electron chi connectivity index (χ4n) is 0.675. The maximum absolute atomic E-state index is 11.7. The summed E-state index contributed by atoms with van der Waals surface area (Å²) >= 11 is 0. The van der Waals surface area contributed by atoms with Crippen molar-refractivity contribution >= 4 is 9.84 Å². The first-order valence-corrected chi connectivity index (χ1v) is 5.08. The fourth-order valence-corrected chi connectivity index (χ4v) is 1.76. The quantitative estimate of drug-likeness (QED) is 0.729. The van der Waals surface area contributed by atoms with Crippen LogP contribution in [0.3, 0.4) is 0 Å². The van der Waals surface area contributed by atoms with Gasteiger partial charge >= 0.3 is 6.18 Å². The van der Waals surface area contributed by atoms with Gasteiger partial charge < -0.3 is 4.52 Å². The molecule has 1 rings (SSSR count). The van der Waals surface area contributed by atoms with Crippen LogP contribution in [0.2, 0.25) is 0 Å². The van der Waals surface area contributed by atoms with Crippen molar-refractivity contribution in [3.8, 4) is 0 Å². The first-order valence-electron chi connectivity index (χ1n) is 3.43. The van der Waals surface area contributed by atoms with E-state index in [1.165, 1.54) is 0 Å². The van der Waals surface area contributed by atoms with E-state index in [1.54, 1.807) is 0 Å². The predicted octanol–water partition coefficient (Wildman–Crippen LogP) is 1.20. The second-order valence-electron chi connectivity index (χ2n) is 2.47. The molecule has 0 atom stereocenters. The highest BCUT2D eigenvalue weighted by atomic mass is 32.2. The van der Waals surface area contributed by atoms with E-state index in [1.807, 2.05) is 6.20 Å². The summed E-state index contributed by atoms with van der Waals surface area (Å²) in [6.07, 6.45) is -3.21. The molecule has 0 radical (unpaired) electrons. The van der Waals surface area contributed by atoms with Crippen LogP contribution in [-0.4, -0.2) is 25.5 Å². The Bertz CT molecular complexity index is 381. The number of hydrogen-bond acceptors (Lipinski definition) is 4. The average Bonchev–Trinajstić information content (AvgIpc) is 2.52. The first-order chi connectivity index (χ1) is 6.31. The Morgan fingerprint density at radius 2 is 2.14 bits per heavy atom. The van der Waals surface area contributed by atoms with Crippen LogP contribution in [0.25, 0.3) is 0 Å². The molecular weight excluding hydrogens is 223 g/mol. The molecule has 0 spiro atoms. The molecule has 0 aromatic carbocycles. The Labute approximate surface area is 77.6 Å². The molecule has 0 saturated heterocycles. The molecule has 0 N–H and O–H groups in total. The van der Waals surface area contributed by atoms with Crippen LogP contribution in [-0.2, 0) is 9.84 Å². The van der Waals surface area contributed by atoms with E-state index in [0.29, 0.717) is 0 Å². The SMILES string of the molecule is O=S(=O)(CCC(F)(F)F)c1[c-]noc1. The van der Waals surface area contributed by atoms with E-state index in [4.69, 9.17) is 0 Å². The Hall–Kier alpha value is -1.05. The van der Waals surface area contributed by atoms with Gasteiger partial charge in [-0.1, -0.05) is 6.20 Å². The maximum Gasteiger partial charge on any atom is 0.390 e. The van der Waals surface area contributed by atoms with Gasteiger partial charge in [-0.15, -0.1) is 0 Å². The minimum absolute atomic E-state index is 0.457. The van der Waals surface area contributed by atoms with Crippen LogP contribution in [0.1, 0.15) is 6.42 Å². The lowest BCUT2D eigenvalue weighted by atomic mass is 10.5. The van der Waals surface area contributed by atoms with Gasteiger partial charge in [0.1, 0.15) is 9.84 Å². The molecule has 80 valence electrons. The highest BCUT2D eigenvalue weighted by molar-refractivity contribution is 7.91. The number of hydrogen-bond donors (Lipinski definition) is 0. The van der Waals surface area contributed by atoms with Gasteiger partial charge in [0.05, 0.1) is 12.2 Å². The number of aromatic nitrogens is 1. The predicted molar refractivity (Wildman–Crippen MR) is 38.1 cm³/mol. The minimum atomic E-state index is -4.50. The van der Waals surface area contributed by atoms with Gasteiger partial charge in [-0.05, 0) is 11.2 Å². The topological polar surface area (TPSA) is 60.2 Å². The summed E-state index contributed by atoms with van der Waals surface area (Å²) in [5.41, 5.74) is 0. The Balaban J connectivity index is 2.70.